The van der Waals surface area contributed by atoms with E-state index in [4.69, 9.17) is 18.9 Å². The van der Waals surface area contributed by atoms with Crippen LogP contribution in [0.4, 0.5) is 0 Å². The molecule has 0 aliphatic heterocycles. The van der Waals surface area contributed by atoms with E-state index in [9.17, 15) is 34.5 Å². The first kappa shape index (κ1) is 25.0. The summed E-state index contributed by atoms with van der Waals surface area (Å²) in [6, 6.07) is 5.73. The minimum Gasteiger partial charge on any atom is -0.511 e. The van der Waals surface area contributed by atoms with E-state index in [1.165, 1.54) is 24.3 Å². The van der Waals surface area contributed by atoms with Crippen LogP contribution in [0.15, 0.2) is 35.6 Å². The number of benzene rings is 1. The Balaban J connectivity index is 2.40. The van der Waals surface area contributed by atoms with Crippen molar-refractivity contribution in [2.24, 2.45) is 23.7 Å². The van der Waals surface area contributed by atoms with Crippen LogP contribution in [0.25, 0.3) is 0 Å². The van der Waals surface area contributed by atoms with E-state index in [0.717, 1.165) is 28.4 Å². The molecule has 0 amide bonds. The highest BCUT2D eigenvalue weighted by molar-refractivity contribution is 5.96. The van der Waals surface area contributed by atoms with Crippen LogP contribution in [0.1, 0.15) is 17.9 Å². The topological polar surface area (TPSA) is 166 Å². The fourth-order valence-corrected chi connectivity index (χ4v) is 5.39. The van der Waals surface area contributed by atoms with Crippen molar-refractivity contribution >= 4 is 23.9 Å². The van der Waals surface area contributed by atoms with Crippen molar-refractivity contribution in [3.8, 4) is 5.75 Å². The number of phenolic OH excluding ortho intramolecular Hbond substituents is 1. The second-order valence-corrected chi connectivity index (χ2v) is 8.18. The number of hydrogen-bond donors (Lipinski definition) is 3. The van der Waals surface area contributed by atoms with E-state index in [0.29, 0.717) is 5.56 Å². The second kappa shape index (κ2) is 9.34. The number of aliphatic hydroxyl groups is 2. The third kappa shape index (κ3) is 3.65. The summed E-state index contributed by atoms with van der Waals surface area (Å²) >= 11 is 0. The number of phenols is 1. The van der Waals surface area contributed by atoms with E-state index in [-0.39, 0.29) is 12.2 Å². The van der Waals surface area contributed by atoms with Crippen LogP contribution in [-0.2, 0) is 38.1 Å². The molecule has 1 aromatic rings. The summed E-state index contributed by atoms with van der Waals surface area (Å²) in [6.07, 6.45) is -0.102. The summed E-state index contributed by atoms with van der Waals surface area (Å²) in [4.78, 5) is 51.6. The van der Waals surface area contributed by atoms with Crippen molar-refractivity contribution in [2.45, 2.75) is 17.9 Å². The summed E-state index contributed by atoms with van der Waals surface area (Å²) in [5.74, 6) is -12.4. The number of aromatic hydroxyl groups is 1. The number of carbonyl (C=O) groups excluding carboxylic acids is 4. The molecule has 1 aromatic carbocycles. The van der Waals surface area contributed by atoms with Gasteiger partial charge in [-0.2, -0.15) is 0 Å². The van der Waals surface area contributed by atoms with Crippen molar-refractivity contribution in [1.82, 2.24) is 0 Å². The third-order valence-corrected chi connectivity index (χ3v) is 6.77. The highest BCUT2D eigenvalue weighted by Crippen LogP contribution is 2.60. The lowest BCUT2D eigenvalue weighted by molar-refractivity contribution is -0.208. The van der Waals surface area contributed by atoms with Gasteiger partial charge in [-0.1, -0.05) is 12.1 Å². The van der Waals surface area contributed by atoms with Crippen LogP contribution in [-0.4, -0.2) is 73.2 Å². The maximum atomic E-state index is 13.1. The Bertz CT molecular complexity index is 1030. The molecule has 184 valence electrons. The van der Waals surface area contributed by atoms with E-state index in [1.54, 1.807) is 0 Å². The van der Waals surface area contributed by atoms with E-state index in [2.05, 4.69) is 0 Å². The number of ether oxygens (including phenoxy) is 4. The fourth-order valence-electron chi connectivity index (χ4n) is 5.39. The number of esters is 4. The summed E-state index contributed by atoms with van der Waals surface area (Å²) in [5, 5.41) is 32.8. The van der Waals surface area contributed by atoms with E-state index < -0.39 is 70.4 Å². The number of aliphatic hydroxyl groups excluding tert-OH is 1. The summed E-state index contributed by atoms with van der Waals surface area (Å²) in [5.41, 5.74) is -2.54. The molecule has 1 unspecified atom stereocenters. The lowest BCUT2D eigenvalue weighted by Crippen LogP contribution is -2.68. The van der Waals surface area contributed by atoms with Crippen LogP contribution in [0.5, 0.6) is 5.75 Å². The molecular formula is C23H26O11. The van der Waals surface area contributed by atoms with Crippen LogP contribution < -0.4 is 0 Å². The smallest absolute Gasteiger partial charge is 0.337 e. The maximum absolute atomic E-state index is 13.1. The number of fused-ring (bicyclic) bond motifs is 2. The first-order chi connectivity index (χ1) is 16.1. The Morgan fingerprint density at radius 2 is 1.29 bits per heavy atom. The lowest BCUT2D eigenvalue weighted by atomic mass is 9.49. The predicted molar refractivity (Wildman–Crippen MR) is 112 cm³/mol. The predicted octanol–water partition coefficient (Wildman–Crippen LogP) is 0.593. The van der Waals surface area contributed by atoms with Gasteiger partial charge in [0.05, 0.1) is 45.8 Å². The standard InChI is InChI=1S/C23H26O11/c1-31-19(26)14-13-9-12(10-5-7-11(24)8-6-10)15(20(27)32-2)23(30,16(13)21(28)33-3)17(18(14)25)22(29)34-4/h5-8,12-13,15-17,24-25,30H,9H2,1-4H3/t12-,13-,15-,16-,17?,23+/m0/s1. The maximum Gasteiger partial charge on any atom is 0.337 e. The van der Waals surface area contributed by atoms with Gasteiger partial charge in [-0.3, -0.25) is 14.4 Å². The zero-order valence-electron chi connectivity index (χ0n) is 19.0. The minimum atomic E-state index is -2.60. The molecule has 34 heavy (non-hydrogen) atoms. The second-order valence-electron chi connectivity index (χ2n) is 8.18. The van der Waals surface area contributed by atoms with Crippen molar-refractivity contribution in [3.05, 3.63) is 41.2 Å². The molecule has 2 bridgehead atoms. The van der Waals surface area contributed by atoms with Crippen molar-refractivity contribution in [3.63, 3.8) is 0 Å². The first-order valence-corrected chi connectivity index (χ1v) is 10.3. The zero-order valence-corrected chi connectivity index (χ0v) is 19.0. The molecule has 0 spiro atoms. The SMILES string of the molecule is COC(=O)C1=C(O)C(C(=O)OC)[C@]2(O)[C@H](C(=O)OC)[C@H]1C[C@@H](c1ccc(O)cc1)[C@H]2C(=O)OC. The van der Waals surface area contributed by atoms with Gasteiger partial charge in [-0.15, -0.1) is 0 Å². The molecule has 0 saturated heterocycles. The molecule has 2 aliphatic rings. The van der Waals surface area contributed by atoms with Crippen molar-refractivity contribution in [2.75, 3.05) is 28.4 Å². The van der Waals surface area contributed by atoms with Crippen LogP contribution in [0, 0.1) is 23.7 Å². The largest absolute Gasteiger partial charge is 0.511 e. The molecule has 2 aliphatic carbocycles. The zero-order chi connectivity index (χ0) is 25.4. The fraction of sp³-hybridized carbons (Fsp3) is 0.478. The number of rotatable bonds is 5. The molecule has 1 saturated carbocycles. The average Bonchev–Trinajstić information content (AvgIpc) is 2.82. The lowest BCUT2D eigenvalue weighted by Gasteiger charge is -2.55. The van der Waals surface area contributed by atoms with Gasteiger partial charge in [0.25, 0.3) is 0 Å². The normalized spacial score (nSPS) is 30.2. The van der Waals surface area contributed by atoms with Gasteiger partial charge < -0.3 is 34.3 Å². The molecule has 3 rings (SSSR count). The Morgan fingerprint density at radius 1 is 0.794 bits per heavy atom. The Morgan fingerprint density at radius 3 is 1.76 bits per heavy atom. The van der Waals surface area contributed by atoms with Gasteiger partial charge in [0.2, 0.25) is 0 Å². The van der Waals surface area contributed by atoms with Crippen LogP contribution in [0.2, 0.25) is 0 Å². The molecule has 0 aromatic heterocycles. The van der Waals surface area contributed by atoms with Crippen molar-refractivity contribution in [1.29, 1.82) is 0 Å². The molecule has 6 atom stereocenters. The summed E-state index contributed by atoms with van der Waals surface area (Å²) < 4.78 is 19.4. The van der Waals surface area contributed by atoms with Gasteiger partial charge in [-0.25, -0.2) is 4.79 Å². The molecule has 11 nitrogen and oxygen atoms in total. The quantitative estimate of drug-likeness (QED) is 0.400. The van der Waals surface area contributed by atoms with E-state index >= 15 is 0 Å². The number of methoxy groups -OCH3 is 4. The Hall–Kier alpha value is -3.60. The molecular weight excluding hydrogens is 452 g/mol. The van der Waals surface area contributed by atoms with Crippen LogP contribution in [0.3, 0.4) is 0 Å². The van der Waals surface area contributed by atoms with Gasteiger partial charge in [-0.05, 0) is 24.1 Å². The first-order valence-electron chi connectivity index (χ1n) is 10.3. The highest BCUT2D eigenvalue weighted by Gasteiger charge is 2.71. The molecule has 11 heteroatoms. The summed E-state index contributed by atoms with van der Waals surface area (Å²) in [6.45, 7) is 0. The molecule has 3 N–H and O–H groups in total. The average molecular weight is 478 g/mol. The summed E-state index contributed by atoms with van der Waals surface area (Å²) in [7, 11) is 4.17. The minimum absolute atomic E-state index is 0.0549. The van der Waals surface area contributed by atoms with Gasteiger partial charge in [0, 0.05) is 11.8 Å². The molecule has 1 fully saturated rings. The molecule has 0 radical (unpaired) electrons. The van der Waals surface area contributed by atoms with Crippen molar-refractivity contribution < 1.29 is 53.4 Å². The van der Waals surface area contributed by atoms with E-state index in [1.807, 2.05) is 0 Å². The van der Waals surface area contributed by atoms with Gasteiger partial charge >= 0.3 is 23.9 Å². The van der Waals surface area contributed by atoms with Crippen LogP contribution >= 0.6 is 0 Å². The number of hydrogen-bond acceptors (Lipinski definition) is 11. The highest BCUT2D eigenvalue weighted by atomic mass is 16.5. The Labute approximate surface area is 194 Å². The molecule has 0 heterocycles. The van der Waals surface area contributed by atoms with Gasteiger partial charge in [0.15, 0.2) is 0 Å². The monoisotopic (exact) mass is 478 g/mol. The van der Waals surface area contributed by atoms with Gasteiger partial charge in [0.1, 0.15) is 23.0 Å². The number of carbonyl (C=O) groups is 4. The Kier molecular flexibility index (Phi) is 6.87. The third-order valence-electron chi connectivity index (χ3n) is 6.77.